The van der Waals surface area contributed by atoms with E-state index >= 15 is 0 Å². The molecule has 2 N–H and O–H groups in total. The number of carbonyl (C=O) groups is 1. The van der Waals surface area contributed by atoms with E-state index in [4.69, 9.17) is 5.11 Å². The second-order valence-corrected chi connectivity index (χ2v) is 4.02. The summed E-state index contributed by atoms with van der Waals surface area (Å²) in [6.07, 6.45) is -4.52. The maximum absolute atomic E-state index is 12.5. The average molecular weight is 271 g/mol. The zero-order valence-electron chi connectivity index (χ0n) is 9.63. The van der Waals surface area contributed by atoms with Crippen molar-refractivity contribution in [1.29, 1.82) is 0 Å². The van der Waals surface area contributed by atoms with E-state index in [9.17, 15) is 22.8 Å². The number of nitrogens with one attached hydrogen (secondary N) is 1. The van der Waals surface area contributed by atoms with Crippen LogP contribution in [0.1, 0.15) is 21.6 Å². The molecule has 0 aliphatic rings. The minimum Gasteiger partial charge on any atom is -0.477 e. The van der Waals surface area contributed by atoms with Crippen LogP contribution in [0, 0.1) is 6.92 Å². The van der Waals surface area contributed by atoms with Gasteiger partial charge in [0.1, 0.15) is 5.56 Å². The molecular formula is C12H8F3NO3. The minimum atomic E-state index is -4.52. The van der Waals surface area contributed by atoms with Gasteiger partial charge in [-0.1, -0.05) is 0 Å². The van der Waals surface area contributed by atoms with Crippen LogP contribution in [0.3, 0.4) is 0 Å². The molecule has 2 rings (SSSR count). The molecule has 0 saturated carbocycles. The number of hydrogen-bond donors (Lipinski definition) is 2. The lowest BCUT2D eigenvalue weighted by Gasteiger charge is -2.09. The maximum Gasteiger partial charge on any atom is 0.416 e. The number of hydrogen-bond acceptors (Lipinski definition) is 2. The van der Waals surface area contributed by atoms with E-state index in [0.717, 1.165) is 18.2 Å². The lowest BCUT2D eigenvalue weighted by Crippen LogP contribution is -2.18. The Morgan fingerprint density at radius 2 is 1.95 bits per heavy atom. The minimum absolute atomic E-state index is 0.0179. The molecule has 0 unspecified atom stereocenters. The molecule has 100 valence electrons. The van der Waals surface area contributed by atoms with Gasteiger partial charge < -0.3 is 10.1 Å². The van der Waals surface area contributed by atoms with E-state index in [2.05, 4.69) is 4.98 Å². The fourth-order valence-corrected chi connectivity index (χ4v) is 1.85. The zero-order valence-corrected chi connectivity index (χ0v) is 9.63. The Bertz CT molecular complexity index is 731. The third-order valence-corrected chi connectivity index (χ3v) is 2.73. The van der Waals surface area contributed by atoms with Gasteiger partial charge in [0.15, 0.2) is 0 Å². The highest BCUT2D eigenvalue weighted by Crippen LogP contribution is 2.30. The number of pyridine rings is 1. The number of carboxylic acids is 1. The predicted molar refractivity (Wildman–Crippen MR) is 61.3 cm³/mol. The summed E-state index contributed by atoms with van der Waals surface area (Å²) in [4.78, 5) is 25.3. The SMILES string of the molecule is Cc1[nH]c2cc(C(F)(F)F)ccc2c(=O)c1C(=O)O. The molecule has 19 heavy (non-hydrogen) atoms. The molecule has 0 spiro atoms. The number of halogens is 3. The van der Waals surface area contributed by atoms with Gasteiger partial charge in [-0.25, -0.2) is 4.79 Å². The first-order valence-corrected chi connectivity index (χ1v) is 5.19. The molecule has 2 aromatic rings. The van der Waals surface area contributed by atoms with E-state index in [-0.39, 0.29) is 16.6 Å². The Morgan fingerprint density at radius 3 is 2.47 bits per heavy atom. The average Bonchev–Trinajstić information content (AvgIpc) is 2.26. The van der Waals surface area contributed by atoms with Crippen LogP contribution in [-0.2, 0) is 6.18 Å². The molecule has 0 bridgehead atoms. The van der Waals surface area contributed by atoms with Crippen molar-refractivity contribution in [3.05, 3.63) is 45.2 Å². The number of carboxylic acid groups (broad SMARTS) is 1. The fraction of sp³-hybridized carbons (Fsp3) is 0.167. The molecule has 0 aliphatic heterocycles. The Labute approximate surface area is 104 Å². The van der Waals surface area contributed by atoms with Crippen LogP contribution in [0.25, 0.3) is 10.9 Å². The van der Waals surface area contributed by atoms with Crippen LogP contribution >= 0.6 is 0 Å². The normalized spacial score (nSPS) is 11.8. The van der Waals surface area contributed by atoms with Gasteiger partial charge in [0, 0.05) is 11.1 Å². The molecule has 1 heterocycles. The van der Waals surface area contributed by atoms with Crippen molar-refractivity contribution in [2.24, 2.45) is 0 Å². The first kappa shape index (κ1) is 13.1. The van der Waals surface area contributed by atoms with Crippen LogP contribution in [0.15, 0.2) is 23.0 Å². The molecule has 4 nitrogen and oxygen atoms in total. The second-order valence-electron chi connectivity index (χ2n) is 4.02. The van der Waals surface area contributed by atoms with Crippen molar-refractivity contribution in [3.8, 4) is 0 Å². The van der Waals surface area contributed by atoms with Gasteiger partial charge in [0.05, 0.1) is 11.1 Å². The smallest absolute Gasteiger partial charge is 0.416 e. The Hall–Kier alpha value is -2.31. The molecule has 0 amide bonds. The third-order valence-electron chi connectivity index (χ3n) is 2.73. The highest BCUT2D eigenvalue weighted by atomic mass is 19.4. The predicted octanol–water partition coefficient (Wildman–Crippen LogP) is 2.55. The summed E-state index contributed by atoms with van der Waals surface area (Å²) in [6.45, 7) is 1.32. The molecule has 0 atom stereocenters. The van der Waals surface area contributed by atoms with Crippen molar-refractivity contribution in [1.82, 2.24) is 4.98 Å². The Morgan fingerprint density at radius 1 is 1.32 bits per heavy atom. The monoisotopic (exact) mass is 271 g/mol. The van der Waals surface area contributed by atoms with Gasteiger partial charge in [-0.2, -0.15) is 13.2 Å². The quantitative estimate of drug-likeness (QED) is 0.837. The van der Waals surface area contributed by atoms with Crippen LogP contribution in [0.2, 0.25) is 0 Å². The summed E-state index contributed by atoms with van der Waals surface area (Å²) >= 11 is 0. The number of H-pyrrole nitrogens is 1. The number of aryl methyl sites for hydroxylation is 1. The summed E-state index contributed by atoms with van der Waals surface area (Å²) in [6, 6.07) is 2.51. The maximum atomic E-state index is 12.5. The van der Waals surface area contributed by atoms with Gasteiger partial charge >= 0.3 is 12.1 Å². The number of aromatic carboxylic acids is 1. The van der Waals surface area contributed by atoms with Crippen LogP contribution in [0.5, 0.6) is 0 Å². The molecule has 1 aromatic heterocycles. The summed E-state index contributed by atoms with van der Waals surface area (Å²) in [5.41, 5.74) is -2.19. The van der Waals surface area contributed by atoms with Gasteiger partial charge in [-0.15, -0.1) is 0 Å². The largest absolute Gasteiger partial charge is 0.477 e. The van der Waals surface area contributed by atoms with E-state index in [1.807, 2.05) is 0 Å². The molecule has 0 fully saturated rings. The van der Waals surface area contributed by atoms with Crippen LogP contribution in [-0.4, -0.2) is 16.1 Å². The van der Waals surface area contributed by atoms with Gasteiger partial charge in [0.2, 0.25) is 5.43 Å². The molecule has 7 heteroatoms. The molecule has 0 radical (unpaired) electrons. The third kappa shape index (κ3) is 2.18. The van der Waals surface area contributed by atoms with Crippen molar-refractivity contribution >= 4 is 16.9 Å². The molecule has 0 saturated heterocycles. The highest BCUT2D eigenvalue weighted by molar-refractivity contribution is 5.93. The Balaban J connectivity index is 2.82. The fourth-order valence-electron chi connectivity index (χ4n) is 1.85. The lowest BCUT2D eigenvalue weighted by molar-refractivity contribution is -0.137. The number of rotatable bonds is 1. The van der Waals surface area contributed by atoms with Crippen LogP contribution in [0.4, 0.5) is 13.2 Å². The van der Waals surface area contributed by atoms with Gasteiger partial charge in [-0.3, -0.25) is 4.79 Å². The van der Waals surface area contributed by atoms with Crippen molar-refractivity contribution in [3.63, 3.8) is 0 Å². The first-order valence-electron chi connectivity index (χ1n) is 5.19. The number of aromatic amines is 1. The topological polar surface area (TPSA) is 70.2 Å². The van der Waals surface area contributed by atoms with Crippen molar-refractivity contribution in [2.75, 3.05) is 0 Å². The second kappa shape index (κ2) is 4.11. The van der Waals surface area contributed by atoms with E-state index in [1.54, 1.807) is 0 Å². The van der Waals surface area contributed by atoms with Gasteiger partial charge in [0.25, 0.3) is 0 Å². The molecule has 1 aromatic carbocycles. The molecular weight excluding hydrogens is 263 g/mol. The number of aromatic nitrogens is 1. The number of fused-ring (bicyclic) bond motifs is 1. The van der Waals surface area contributed by atoms with E-state index in [1.165, 1.54) is 6.92 Å². The molecule has 0 aliphatic carbocycles. The Kier molecular flexibility index (Phi) is 2.84. The number of alkyl halides is 3. The standard InChI is InChI=1S/C12H8F3NO3/c1-5-9(11(18)19)10(17)7-3-2-6(12(13,14)15)4-8(7)16-5/h2-4H,1H3,(H,16,17)(H,18,19). The zero-order chi connectivity index (χ0) is 14.4. The highest BCUT2D eigenvalue weighted by Gasteiger charge is 2.31. The summed E-state index contributed by atoms with van der Waals surface area (Å²) in [5, 5.41) is 8.80. The summed E-state index contributed by atoms with van der Waals surface area (Å²) < 4.78 is 37.6. The number of benzene rings is 1. The summed E-state index contributed by atoms with van der Waals surface area (Å²) in [5.74, 6) is -1.42. The van der Waals surface area contributed by atoms with E-state index < -0.39 is 28.7 Å². The first-order chi connectivity index (χ1) is 8.71. The lowest BCUT2D eigenvalue weighted by atomic mass is 10.1. The summed E-state index contributed by atoms with van der Waals surface area (Å²) in [7, 11) is 0. The van der Waals surface area contributed by atoms with E-state index in [0.29, 0.717) is 0 Å². The van der Waals surface area contributed by atoms with Crippen molar-refractivity contribution in [2.45, 2.75) is 13.1 Å². The van der Waals surface area contributed by atoms with Crippen molar-refractivity contribution < 1.29 is 23.1 Å². The van der Waals surface area contributed by atoms with Crippen LogP contribution < -0.4 is 5.43 Å². The van der Waals surface area contributed by atoms with Gasteiger partial charge in [-0.05, 0) is 25.1 Å².